The van der Waals surface area contributed by atoms with Gasteiger partial charge in [-0.05, 0) is 41.4 Å². The van der Waals surface area contributed by atoms with E-state index in [2.05, 4.69) is 51.4 Å². The molecular formula is C15H16N4S. The average Bonchev–Trinajstić information content (AvgIpc) is 3.10. The summed E-state index contributed by atoms with van der Waals surface area (Å²) in [5.41, 5.74) is 3.43. The van der Waals surface area contributed by atoms with Crippen molar-refractivity contribution in [2.45, 2.75) is 13.0 Å². The van der Waals surface area contributed by atoms with Crippen molar-refractivity contribution in [2.75, 3.05) is 5.32 Å². The number of aromatic nitrogens is 3. The van der Waals surface area contributed by atoms with Crippen LogP contribution >= 0.6 is 11.3 Å². The Bertz CT molecular complexity index is 687. The minimum atomic E-state index is 0.260. The standard InChI is InChI=1S/C15H16N4S/c1-11(12-7-8-20-9-12)17-14-6-4-3-5-13(14)15-18-16-10-19(15)2/h3-11,17H,1-2H3. The lowest BCUT2D eigenvalue weighted by Crippen LogP contribution is -2.07. The molecule has 1 N–H and O–H groups in total. The van der Waals surface area contributed by atoms with Gasteiger partial charge in [0.15, 0.2) is 5.82 Å². The van der Waals surface area contributed by atoms with Crippen LogP contribution in [0.2, 0.25) is 0 Å². The fraction of sp³-hybridized carbons (Fsp3) is 0.200. The largest absolute Gasteiger partial charge is 0.378 e. The number of rotatable bonds is 4. The summed E-state index contributed by atoms with van der Waals surface area (Å²) in [6.07, 6.45) is 1.72. The van der Waals surface area contributed by atoms with Crippen molar-refractivity contribution in [3.05, 3.63) is 53.0 Å². The van der Waals surface area contributed by atoms with Crippen molar-refractivity contribution in [2.24, 2.45) is 7.05 Å². The third-order valence-electron chi connectivity index (χ3n) is 3.29. The fourth-order valence-electron chi connectivity index (χ4n) is 2.17. The summed E-state index contributed by atoms with van der Waals surface area (Å²) in [6, 6.07) is 10.6. The van der Waals surface area contributed by atoms with Crippen LogP contribution in [0.3, 0.4) is 0 Å². The number of nitrogens with zero attached hydrogens (tertiary/aromatic N) is 3. The number of aryl methyl sites for hydroxylation is 1. The maximum Gasteiger partial charge on any atom is 0.165 e. The van der Waals surface area contributed by atoms with Crippen LogP contribution in [0.15, 0.2) is 47.4 Å². The summed E-state index contributed by atoms with van der Waals surface area (Å²) in [7, 11) is 1.95. The molecule has 5 heteroatoms. The van der Waals surface area contributed by atoms with E-state index < -0.39 is 0 Å². The lowest BCUT2D eigenvalue weighted by molar-refractivity contribution is 0.886. The van der Waals surface area contributed by atoms with Crippen molar-refractivity contribution in [3.63, 3.8) is 0 Å². The monoisotopic (exact) mass is 284 g/mol. The van der Waals surface area contributed by atoms with Crippen LogP contribution in [-0.4, -0.2) is 14.8 Å². The molecule has 0 bridgehead atoms. The molecule has 1 aromatic carbocycles. The zero-order valence-electron chi connectivity index (χ0n) is 11.4. The molecule has 0 aliphatic heterocycles. The molecule has 1 unspecified atom stereocenters. The molecule has 0 aliphatic carbocycles. The van der Waals surface area contributed by atoms with Gasteiger partial charge in [0.2, 0.25) is 0 Å². The SMILES string of the molecule is CC(Nc1ccccc1-c1nncn1C)c1ccsc1. The van der Waals surface area contributed by atoms with Crippen LogP contribution in [0, 0.1) is 0 Å². The third-order valence-corrected chi connectivity index (χ3v) is 4.00. The molecule has 0 saturated heterocycles. The van der Waals surface area contributed by atoms with Gasteiger partial charge >= 0.3 is 0 Å². The average molecular weight is 284 g/mol. The summed E-state index contributed by atoms with van der Waals surface area (Å²) < 4.78 is 1.93. The van der Waals surface area contributed by atoms with E-state index in [1.54, 1.807) is 17.7 Å². The molecule has 0 radical (unpaired) electrons. The molecule has 0 fully saturated rings. The van der Waals surface area contributed by atoms with Gasteiger partial charge in [-0.15, -0.1) is 10.2 Å². The molecule has 3 rings (SSSR count). The normalized spacial score (nSPS) is 12.3. The van der Waals surface area contributed by atoms with Gasteiger partial charge in [-0.25, -0.2) is 0 Å². The van der Waals surface area contributed by atoms with Crippen molar-refractivity contribution in [1.82, 2.24) is 14.8 Å². The third kappa shape index (κ3) is 2.44. The first kappa shape index (κ1) is 12.9. The van der Waals surface area contributed by atoms with Crippen LogP contribution < -0.4 is 5.32 Å². The highest BCUT2D eigenvalue weighted by Gasteiger charge is 2.12. The maximum atomic E-state index is 4.19. The zero-order chi connectivity index (χ0) is 13.9. The van der Waals surface area contributed by atoms with E-state index in [1.807, 2.05) is 23.7 Å². The highest BCUT2D eigenvalue weighted by atomic mass is 32.1. The van der Waals surface area contributed by atoms with E-state index in [0.29, 0.717) is 0 Å². The first-order chi connectivity index (χ1) is 9.75. The van der Waals surface area contributed by atoms with Crippen LogP contribution in [0.25, 0.3) is 11.4 Å². The first-order valence-corrected chi connectivity index (χ1v) is 7.42. The van der Waals surface area contributed by atoms with Gasteiger partial charge < -0.3 is 9.88 Å². The van der Waals surface area contributed by atoms with Gasteiger partial charge in [0.05, 0.1) is 0 Å². The molecule has 4 nitrogen and oxygen atoms in total. The van der Waals surface area contributed by atoms with Gasteiger partial charge in [-0.2, -0.15) is 11.3 Å². The second-order valence-corrected chi connectivity index (χ2v) is 5.51. The summed E-state index contributed by atoms with van der Waals surface area (Å²) >= 11 is 1.72. The zero-order valence-corrected chi connectivity index (χ0v) is 12.3. The fourth-order valence-corrected chi connectivity index (χ4v) is 2.92. The van der Waals surface area contributed by atoms with E-state index in [9.17, 15) is 0 Å². The topological polar surface area (TPSA) is 42.7 Å². The second-order valence-electron chi connectivity index (χ2n) is 4.73. The van der Waals surface area contributed by atoms with E-state index in [1.165, 1.54) is 5.56 Å². The lowest BCUT2D eigenvalue weighted by Gasteiger charge is -2.17. The predicted molar refractivity (Wildman–Crippen MR) is 82.8 cm³/mol. The predicted octanol–water partition coefficient (Wildman–Crippen LogP) is 3.72. The Morgan fingerprint density at radius 2 is 2.10 bits per heavy atom. The molecule has 0 amide bonds. The van der Waals surface area contributed by atoms with E-state index >= 15 is 0 Å². The van der Waals surface area contributed by atoms with Gasteiger partial charge in [0.1, 0.15) is 6.33 Å². The van der Waals surface area contributed by atoms with Gasteiger partial charge in [-0.1, -0.05) is 12.1 Å². The summed E-state index contributed by atoms with van der Waals surface area (Å²) in [5.74, 6) is 0.866. The quantitative estimate of drug-likeness (QED) is 0.794. The molecule has 2 aromatic heterocycles. The Hall–Kier alpha value is -2.14. The van der Waals surface area contributed by atoms with Crippen molar-refractivity contribution < 1.29 is 0 Å². The van der Waals surface area contributed by atoms with Crippen LogP contribution in [0.1, 0.15) is 18.5 Å². The Kier molecular flexibility index (Phi) is 3.52. The Morgan fingerprint density at radius 1 is 1.25 bits per heavy atom. The molecule has 0 aliphatic rings. The maximum absolute atomic E-state index is 4.19. The molecule has 0 spiro atoms. The molecular weight excluding hydrogens is 268 g/mol. The molecule has 2 heterocycles. The number of thiophene rings is 1. The second kappa shape index (κ2) is 5.46. The Balaban J connectivity index is 1.93. The number of hydrogen-bond acceptors (Lipinski definition) is 4. The minimum absolute atomic E-state index is 0.260. The van der Waals surface area contributed by atoms with Crippen LogP contribution in [0.4, 0.5) is 5.69 Å². The number of para-hydroxylation sites is 1. The van der Waals surface area contributed by atoms with Crippen LogP contribution in [-0.2, 0) is 7.05 Å². The highest BCUT2D eigenvalue weighted by Crippen LogP contribution is 2.29. The number of benzene rings is 1. The number of hydrogen-bond donors (Lipinski definition) is 1. The van der Waals surface area contributed by atoms with Crippen LogP contribution in [0.5, 0.6) is 0 Å². The summed E-state index contributed by atoms with van der Waals surface area (Å²) in [5, 5.41) is 16.0. The minimum Gasteiger partial charge on any atom is -0.378 e. The summed E-state index contributed by atoms with van der Waals surface area (Å²) in [4.78, 5) is 0. The van der Waals surface area contributed by atoms with Crippen molar-refractivity contribution in [3.8, 4) is 11.4 Å². The number of anilines is 1. The Morgan fingerprint density at radius 3 is 2.80 bits per heavy atom. The molecule has 102 valence electrons. The smallest absolute Gasteiger partial charge is 0.165 e. The molecule has 0 saturated carbocycles. The first-order valence-electron chi connectivity index (χ1n) is 6.47. The molecule has 20 heavy (non-hydrogen) atoms. The van der Waals surface area contributed by atoms with E-state index in [0.717, 1.165) is 17.1 Å². The highest BCUT2D eigenvalue weighted by molar-refractivity contribution is 7.07. The van der Waals surface area contributed by atoms with Gasteiger partial charge in [0.25, 0.3) is 0 Å². The van der Waals surface area contributed by atoms with Crippen molar-refractivity contribution in [1.29, 1.82) is 0 Å². The lowest BCUT2D eigenvalue weighted by atomic mass is 10.1. The number of nitrogens with one attached hydrogen (secondary N) is 1. The molecule has 1 atom stereocenters. The van der Waals surface area contributed by atoms with Gasteiger partial charge in [-0.3, -0.25) is 0 Å². The summed E-state index contributed by atoms with van der Waals surface area (Å²) in [6.45, 7) is 2.16. The Labute approximate surface area is 122 Å². The molecule has 3 aromatic rings. The van der Waals surface area contributed by atoms with Gasteiger partial charge in [0, 0.05) is 24.3 Å². The van der Waals surface area contributed by atoms with E-state index in [4.69, 9.17) is 0 Å². The van der Waals surface area contributed by atoms with E-state index in [-0.39, 0.29) is 6.04 Å². The van der Waals surface area contributed by atoms with Crippen molar-refractivity contribution >= 4 is 17.0 Å².